The van der Waals surface area contributed by atoms with Crippen LogP contribution in [0, 0.1) is 0 Å². The predicted molar refractivity (Wildman–Crippen MR) is 82.6 cm³/mol. The number of alkyl halides is 6. The first-order valence-corrected chi connectivity index (χ1v) is 8.21. The maximum Gasteiger partial charge on any atom is 0.419 e. The molecular weight excluding hydrogens is 382 g/mol. The highest BCUT2D eigenvalue weighted by Crippen LogP contribution is 2.36. The molecule has 0 amide bonds. The Balaban J connectivity index is 2.10. The molecule has 0 aliphatic rings. The second kappa shape index (κ2) is 6.45. The second-order valence-corrected chi connectivity index (χ2v) is 6.48. The van der Waals surface area contributed by atoms with Crippen LogP contribution in [0.5, 0.6) is 0 Å². The third-order valence-electron chi connectivity index (χ3n) is 3.36. The van der Waals surface area contributed by atoms with Crippen molar-refractivity contribution in [2.45, 2.75) is 24.2 Å². The zero-order valence-electron chi connectivity index (χ0n) is 13.1. The monoisotopic (exact) mass is 392 g/mol. The van der Waals surface area contributed by atoms with Gasteiger partial charge in [0.25, 0.3) is 0 Å². The summed E-state index contributed by atoms with van der Waals surface area (Å²) >= 11 is 1.13. The van der Waals surface area contributed by atoms with Crippen molar-refractivity contribution in [3.63, 3.8) is 0 Å². The minimum atomic E-state index is -4.58. The largest absolute Gasteiger partial charge is 0.419 e. The minimum Gasteiger partial charge on any atom is -0.253 e. The first-order valence-electron chi connectivity index (χ1n) is 7.22. The van der Waals surface area contributed by atoms with Gasteiger partial charge < -0.3 is 0 Å². The SMILES string of the molecule is CCSc1cc(C(F)(F)F)cnc1-c1cc2ncc(C(F)(F)F)cn2n1. The van der Waals surface area contributed by atoms with Crippen LogP contribution in [-0.4, -0.2) is 25.3 Å². The number of fused-ring (bicyclic) bond motifs is 1. The van der Waals surface area contributed by atoms with Crippen LogP contribution in [0.4, 0.5) is 26.3 Å². The number of thioether (sulfide) groups is 1. The van der Waals surface area contributed by atoms with Crippen LogP contribution in [0.15, 0.2) is 35.6 Å². The third-order valence-corrected chi connectivity index (χ3v) is 4.27. The number of nitrogens with zero attached hydrogens (tertiary/aromatic N) is 4. The van der Waals surface area contributed by atoms with Crippen molar-refractivity contribution in [1.29, 1.82) is 0 Å². The molecule has 0 atom stereocenters. The topological polar surface area (TPSA) is 43.1 Å². The van der Waals surface area contributed by atoms with E-state index in [0.717, 1.165) is 28.5 Å². The van der Waals surface area contributed by atoms with Gasteiger partial charge in [0, 0.05) is 29.6 Å². The first kappa shape index (κ1) is 18.5. The van der Waals surface area contributed by atoms with Gasteiger partial charge in [-0.15, -0.1) is 11.8 Å². The third kappa shape index (κ3) is 3.62. The molecule has 0 bridgehead atoms. The van der Waals surface area contributed by atoms with Gasteiger partial charge in [-0.05, 0) is 11.8 Å². The lowest BCUT2D eigenvalue weighted by atomic mass is 10.2. The molecule has 3 aromatic heterocycles. The molecule has 0 aliphatic carbocycles. The maximum absolute atomic E-state index is 12.9. The van der Waals surface area contributed by atoms with E-state index in [0.29, 0.717) is 18.1 Å². The molecule has 26 heavy (non-hydrogen) atoms. The molecule has 3 rings (SSSR count). The molecule has 0 unspecified atom stereocenters. The van der Waals surface area contributed by atoms with Crippen molar-refractivity contribution < 1.29 is 26.3 Å². The van der Waals surface area contributed by atoms with E-state index in [2.05, 4.69) is 15.1 Å². The highest BCUT2D eigenvalue weighted by atomic mass is 32.2. The first-order chi connectivity index (χ1) is 12.1. The fourth-order valence-corrected chi connectivity index (χ4v) is 3.01. The lowest BCUT2D eigenvalue weighted by Gasteiger charge is -2.10. The average Bonchev–Trinajstić information content (AvgIpc) is 2.96. The number of hydrogen-bond acceptors (Lipinski definition) is 4. The molecule has 3 heterocycles. The van der Waals surface area contributed by atoms with Crippen molar-refractivity contribution in [3.8, 4) is 11.4 Å². The molecule has 0 aromatic carbocycles. The van der Waals surface area contributed by atoms with Crippen LogP contribution in [0.2, 0.25) is 0 Å². The normalized spacial score (nSPS) is 12.7. The molecule has 0 spiro atoms. The Kier molecular flexibility index (Phi) is 4.59. The number of halogens is 6. The van der Waals surface area contributed by atoms with E-state index in [1.807, 2.05) is 0 Å². The summed E-state index contributed by atoms with van der Waals surface area (Å²) in [7, 11) is 0. The second-order valence-electron chi connectivity index (χ2n) is 5.17. The van der Waals surface area contributed by atoms with Gasteiger partial charge >= 0.3 is 12.4 Å². The van der Waals surface area contributed by atoms with Gasteiger partial charge in [0.05, 0.1) is 11.1 Å². The van der Waals surface area contributed by atoms with Crippen molar-refractivity contribution in [2.75, 3.05) is 5.75 Å². The smallest absolute Gasteiger partial charge is 0.253 e. The molecule has 0 fully saturated rings. The molecule has 4 nitrogen and oxygen atoms in total. The van der Waals surface area contributed by atoms with E-state index in [-0.39, 0.29) is 21.9 Å². The van der Waals surface area contributed by atoms with Gasteiger partial charge in [-0.1, -0.05) is 6.92 Å². The number of rotatable bonds is 3. The molecular formula is C15H10F6N4S. The summed E-state index contributed by atoms with van der Waals surface area (Å²) in [6.45, 7) is 1.76. The van der Waals surface area contributed by atoms with Crippen molar-refractivity contribution in [2.24, 2.45) is 0 Å². The fourth-order valence-electron chi connectivity index (χ4n) is 2.20. The Morgan fingerprint density at radius 3 is 2.23 bits per heavy atom. The summed E-state index contributed by atoms with van der Waals surface area (Å²) in [5.74, 6) is 0.486. The van der Waals surface area contributed by atoms with Crippen molar-refractivity contribution in [3.05, 3.63) is 41.9 Å². The van der Waals surface area contributed by atoms with E-state index >= 15 is 0 Å². The molecule has 0 saturated heterocycles. The van der Waals surface area contributed by atoms with Crippen LogP contribution >= 0.6 is 11.8 Å². The lowest BCUT2D eigenvalue weighted by molar-refractivity contribution is -0.138. The van der Waals surface area contributed by atoms with Gasteiger partial charge in [-0.25, -0.2) is 9.50 Å². The van der Waals surface area contributed by atoms with Crippen molar-refractivity contribution in [1.82, 2.24) is 19.6 Å². The van der Waals surface area contributed by atoms with Gasteiger partial charge in [0.1, 0.15) is 11.4 Å². The number of pyridine rings is 1. The molecule has 0 N–H and O–H groups in total. The fraction of sp³-hybridized carbons (Fsp3) is 0.267. The molecule has 3 aromatic rings. The summed E-state index contributed by atoms with van der Waals surface area (Å²) in [5, 5.41) is 3.99. The summed E-state index contributed by atoms with van der Waals surface area (Å²) < 4.78 is 77.9. The zero-order chi connectivity index (χ0) is 19.1. The van der Waals surface area contributed by atoms with Gasteiger partial charge in [-0.2, -0.15) is 31.4 Å². The van der Waals surface area contributed by atoms with E-state index in [1.165, 1.54) is 6.07 Å². The Morgan fingerprint density at radius 1 is 0.962 bits per heavy atom. The predicted octanol–water partition coefficient (Wildman–Crippen LogP) is 4.94. The molecule has 11 heteroatoms. The Morgan fingerprint density at radius 2 is 1.62 bits per heavy atom. The summed E-state index contributed by atoms with van der Waals surface area (Å²) in [5.41, 5.74) is -1.46. The van der Waals surface area contributed by atoms with Crippen LogP contribution in [0.3, 0.4) is 0 Å². The molecule has 0 aliphatic heterocycles. The Hall–Kier alpha value is -2.30. The summed E-state index contributed by atoms with van der Waals surface area (Å²) in [6, 6.07) is 2.32. The highest BCUT2D eigenvalue weighted by molar-refractivity contribution is 7.99. The summed E-state index contributed by atoms with van der Waals surface area (Å²) in [4.78, 5) is 7.76. The molecule has 138 valence electrons. The van der Waals surface area contributed by atoms with E-state index in [9.17, 15) is 26.3 Å². The zero-order valence-corrected chi connectivity index (χ0v) is 13.9. The van der Waals surface area contributed by atoms with Gasteiger partial charge in [-0.3, -0.25) is 4.98 Å². The Bertz CT molecular complexity index is 947. The van der Waals surface area contributed by atoms with Crippen molar-refractivity contribution >= 4 is 17.4 Å². The van der Waals surface area contributed by atoms with E-state index in [1.54, 1.807) is 6.92 Å². The quantitative estimate of drug-likeness (QED) is 0.468. The van der Waals surface area contributed by atoms with E-state index < -0.39 is 23.5 Å². The summed E-state index contributed by atoms with van der Waals surface area (Å²) in [6.07, 6.45) is -7.02. The molecule has 0 saturated carbocycles. The van der Waals surface area contributed by atoms with E-state index in [4.69, 9.17) is 0 Å². The maximum atomic E-state index is 12.9. The molecule has 0 radical (unpaired) electrons. The van der Waals surface area contributed by atoms with Crippen LogP contribution in [0.1, 0.15) is 18.1 Å². The van der Waals surface area contributed by atoms with Crippen LogP contribution in [-0.2, 0) is 12.4 Å². The van der Waals surface area contributed by atoms with Gasteiger partial charge in [0.15, 0.2) is 5.65 Å². The minimum absolute atomic E-state index is 0.127. The highest BCUT2D eigenvalue weighted by Gasteiger charge is 2.33. The van der Waals surface area contributed by atoms with Gasteiger partial charge in [0.2, 0.25) is 0 Å². The van der Waals surface area contributed by atoms with Crippen LogP contribution < -0.4 is 0 Å². The average molecular weight is 392 g/mol. The lowest BCUT2D eigenvalue weighted by Crippen LogP contribution is -2.07. The Labute approximate surface area is 147 Å². The number of hydrogen-bond donors (Lipinski definition) is 0. The van der Waals surface area contributed by atoms with Crippen LogP contribution in [0.25, 0.3) is 17.0 Å². The number of aromatic nitrogens is 4. The standard InChI is InChI=1S/C15H10F6N4S/c1-2-26-11-3-8(14(16,17)18)5-23-13(11)10-4-12-22-6-9(15(19,20)21)7-25(12)24-10/h3-7H,2H2,1H3.